The Morgan fingerprint density at radius 3 is 2.38 bits per heavy atom. The van der Waals surface area contributed by atoms with Gasteiger partial charge < -0.3 is 10.6 Å². The van der Waals surface area contributed by atoms with Crippen molar-refractivity contribution < 1.29 is 4.84 Å². The van der Waals surface area contributed by atoms with Gasteiger partial charge in [-0.2, -0.15) is 4.73 Å². The van der Waals surface area contributed by atoms with Crippen molar-refractivity contribution in [1.82, 2.24) is 4.73 Å². The van der Waals surface area contributed by atoms with Crippen LogP contribution in [0.3, 0.4) is 0 Å². The number of nitrogens with zero attached hydrogens (tertiary/aromatic N) is 1. The lowest BCUT2D eigenvalue weighted by atomic mass is 10.00. The minimum atomic E-state index is 0.101. The van der Waals surface area contributed by atoms with Crippen LogP contribution in [0.1, 0.15) is 12.5 Å². The Bertz CT molecular complexity index is 745. The summed E-state index contributed by atoms with van der Waals surface area (Å²) in [6.45, 7) is 2.04. The largest absolute Gasteiger partial charge is 0.416 e. The lowest BCUT2D eigenvalue weighted by Gasteiger charge is -2.11. The van der Waals surface area contributed by atoms with Crippen molar-refractivity contribution in [2.45, 2.75) is 19.4 Å². The van der Waals surface area contributed by atoms with Gasteiger partial charge in [0.05, 0.1) is 11.2 Å². The van der Waals surface area contributed by atoms with Crippen LogP contribution >= 0.6 is 0 Å². The number of hydrogen-bond acceptors (Lipinski definition) is 2. The number of fused-ring (bicyclic) bond motifs is 1. The molecule has 2 aromatic carbocycles. The minimum absolute atomic E-state index is 0.101. The topological polar surface area (TPSA) is 40.2 Å². The van der Waals surface area contributed by atoms with E-state index in [0.717, 1.165) is 23.2 Å². The molecule has 0 amide bonds. The fraction of sp³-hybridized carbons (Fsp3) is 0.222. The zero-order valence-electron chi connectivity index (χ0n) is 12.4. The summed E-state index contributed by atoms with van der Waals surface area (Å²) < 4.78 is 1.91. The van der Waals surface area contributed by atoms with Crippen LogP contribution in [-0.2, 0) is 6.42 Å². The molecule has 0 radical (unpaired) electrons. The van der Waals surface area contributed by atoms with Crippen LogP contribution in [-0.4, -0.2) is 17.9 Å². The van der Waals surface area contributed by atoms with Crippen molar-refractivity contribution in [3.8, 4) is 11.3 Å². The van der Waals surface area contributed by atoms with E-state index in [0.29, 0.717) is 0 Å². The summed E-state index contributed by atoms with van der Waals surface area (Å²) in [5.74, 6) is 0. The maximum Gasteiger partial charge on any atom is 0.104 e. The summed E-state index contributed by atoms with van der Waals surface area (Å²) >= 11 is 0. The van der Waals surface area contributed by atoms with Gasteiger partial charge in [-0.15, -0.1) is 0 Å². The second kappa shape index (κ2) is 5.62. The normalized spacial score (nSPS) is 12.5. The van der Waals surface area contributed by atoms with Gasteiger partial charge in [0.2, 0.25) is 0 Å². The quantitative estimate of drug-likeness (QED) is 0.797. The average molecular weight is 280 g/mol. The van der Waals surface area contributed by atoms with E-state index in [1.807, 2.05) is 35.9 Å². The molecule has 0 aliphatic carbocycles. The molecular formula is C18H20N2O. The highest BCUT2D eigenvalue weighted by atomic mass is 16.6. The van der Waals surface area contributed by atoms with Gasteiger partial charge >= 0.3 is 0 Å². The van der Waals surface area contributed by atoms with Crippen molar-refractivity contribution >= 4 is 10.9 Å². The van der Waals surface area contributed by atoms with E-state index >= 15 is 0 Å². The molecule has 3 aromatic rings. The molecular weight excluding hydrogens is 260 g/mol. The van der Waals surface area contributed by atoms with Gasteiger partial charge in [-0.3, -0.25) is 0 Å². The Kier molecular flexibility index (Phi) is 3.67. The first-order valence-electron chi connectivity index (χ1n) is 7.20. The smallest absolute Gasteiger partial charge is 0.104 e. The first-order chi connectivity index (χ1) is 10.2. The van der Waals surface area contributed by atoms with Gasteiger partial charge in [0.25, 0.3) is 0 Å². The second-order valence-electron chi connectivity index (χ2n) is 5.37. The summed E-state index contributed by atoms with van der Waals surface area (Å²) in [5.41, 5.74) is 10.6. The zero-order chi connectivity index (χ0) is 14.8. The molecule has 3 rings (SSSR count). The molecule has 0 fully saturated rings. The first-order valence-corrected chi connectivity index (χ1v) is 7.20. The Hall–Kier alpha value is -2.26. The van der Waals surface area contributed by atoms with E-state index in [1.165, 1.54) is 10.9 Å². The van der Waals surface area contributed by atoms with E-state index in [1.54, 1.807) is 7.11 Å². The van der Waals surface area contributed by atoms with Crippen LogP contribution in [0.15, 0.2) is 54.6 Å². The third-order valence-corrected chi connectivity index (χ3v) is 3.69. The third kappa shape index (κ3) is 2.41. The molecule has 0 aliphatic rings. The molecule has 0 bridgehead atoms. The van der Waals surface area contributed by atoms with Crippen molar-refractivity contribution in [1.29, 1.82) is 0 Å². The second-order valence-corrected chi connectivity index (χ2v) is 5.37. The van der Waals surface area contributed by atoms with Crippen LogP contribution in [0.4, 0.5) is 0 Å². The first kappa shape index (κ1) is 13.7. The van der Waals surface area contributed by atoms with Gasteiger partial charge in [-0.05, 0) is 25.0 Å². The molecule has 1 unspecified atom stereocenters. The van der Waals surface area contributed by atoms with Crippen LogP contribution in [0.5, 0.6) is 0 Å². The summed E-state index contributed by atoms with van der Waals surface area (Å²) in [6.07, 6.45) is 0.821. The van der Waals surface area contributed by atoms with Crippen LogP contribution in [0.25, 0.3) is 22.2 Å². The standard InChI is InChI=1S/C18H20N2O/c1-13(19)12-16-15-10-6-7-11-17(15)20(21-2)18(16)14-8-4-3-5-9-14/h3-11,13H,12,19H2,1-2H3. The third-order valence-electron chi connectivity index (χ3n) is 3.69. The van der Waals surface area contributed by atoms with Crippen molar-refractivity contribution in [2.24, 2.45) is 5.73 Å². The van der Waals surface area contributed by atoms with Crippen LogP contribution < -0.4 is 10.6 Å². The molecule has 2 N–H and O–H groups in total. The van der Waals surface area contributed by atoms with Gasteiger partial charge in [0.1, 0.15) is 7.11 Å². The molecule has 0 aliphatic heterocycles. The number of benzene rings is 2. The van der Waals surface area contributed by atoms with E-state index in [9.17, 15) is 0 Å². The maximum absolute atomic E-state index is 6.06. The number of para-hydroxylation sites is 1. The van der Waals surface area contributed by atoms with Gasteiger partial charge in [-0.25, -0.2) is 0 Å². The van der Waals surface area contributed by atoms with Gasteiger partial charge in [0, 0.05) is 17.0 Å². The lowest BCUT2D eigenvalue weighted by Crippen LogP contribution is -2.18. The van der Waals surface area contributed by atoms with Crippen molar-refractivity contribution in [2.75, 3.05) is 7.11 Å². The Balaban J connectivity index is 2.34. The highest BCUT2D eigenvalue weighted by molar-refractivity contribution is 5.91. The predicted molar refractivity (Wildman–Crippen MR) is 87.2 cm³/mol. The molecule has 0 saturated heterocycles. The number of rotatable bonds is 4. The highest BCUT2D eigenvalue weighted by Crippen LogP contribution is 2.33. The number of hydrogen-bond donors (Lipinski definition) is 1. The van der Waals surface area contributed by atoms with E-state index < -0.39 is 0 Å². The van der Waals surface area contributed by atoms with Gasteiger partial charge in [0.15, 0.2) is 0 Å². The van der Waals surface area contributed by atoms with Crippen molar-refractivity contribution in [3.63, 3.8) is 0 Å². The minimum Gasteiger partial charge on any atom is -0.416 e. The Labute approximate surface area is 124 Å². The molecule has 21 heavy (non-hydrogen) atoms. The summed E-state index contributed by atoms with van der Waals surface area (Å²) in [6, 6.07) is 18.7. The van der Waals surface area contributed by atoms with E-state index in [-0.39, 0.29) is 6.04 Å². The van der Waals surface area contributed by atoms with E-state index in [2.05, 4.69) is 30.3 Å². The summed E-state index contributed by atoms with van der Waals surface area (Å²) in [7, 11) is 1.70. The predicted octanol–water partition coefficient (Wildman–Crippen LogP) is 3.26. The fourth-order valence-electron chi connectivity index (χ4n) is 2.88. The van der Waals surface area contributed by atoms with E-state index in [4.69, 9.17) is 10.6 Å². The maximum atomic E-state index is 6.06. The summed E-state index contributed by atoms with van der Waals surface area (Å²) in [5, 5.41) is 1.20. The highest BCUT2D eigenvalue weighted by Gasteiger charge is 2.19. The monoisotopic (exact) mass is 280 g/mol. The fourth-order valence-corrected chi connectivity index (χ4v) is 2.88. The molecule has 0 spiro atoms. The molecule has 108 valence electrons. The molecule has 1 atom stereocenters. The molecule has 1 aromatic heterocycles. The average Bonchev–Trinajstić information content (AvgIpc) is 2.81. The van der Waals surface area contributed by atoms with Crippen LogP contribution in [0.2, 0.25) is 0 Å². The van der Waals surface area contributed by atoms with Gasteiger partial charge in [-0.1, -0.05) is 48.5 Å². The number of nitrogens with two attached hydrogens (primary N) is 1. The van der Waals surface area contributed by atoms with Crippen molar-refractivity contribution in [3.05, 3.63) is 60.2 Å². The molecule has 0 saturated carbocycles. The zero-order valence-corrected chi connectivity index (χ0v) is 12.4. The number of aromatic nitrogens is 1. The Morgan fingerprint density at radius 2 is 1.71 bits per heavy atom. The van der Waals surface area contributed by atoms with Crippen LogP contribution in [0, 0.1) is 0 Å². The Morgan fingerprint density at radius 1 is 1.05 bits per heavy atom. The SMILES string of the molecule is COn1c(-c2ccccc2)c(CC(C)N)c2ccccc21. The molecule has 1 heterocycles. The lowest BCUT2D eigenvalue weighted by molar-refractivity contribution is 0.183. The molecule has 3 nitrogen and oxygen atoms in total. The molecule has 3 heteroatoms. The summed E-state index contributed by atoms with van der Waals surface area (Å²) in [4.78, 5) is 5.65.